The van der Waals surface area contributed by atoms with Gasteiger partial charge in [0.25, 0.3) is 0 Å². The number of halogens is 6. The molecule has 214 valence electrons. The molecule has 1 unspecified atom stereocenters. The van der Waals surface area contributed by atoms with Gasteiger partial charge in [-0.15, -0.1) is 0 Å². The fourth-order valence-corrected chi connectivity index (χ4v) is 4.58. The zero-order valence-electron chi connectivity index (χ0n) is 21.7. The average Bonchev–Trinajstić information content (AvgIpc) is 2.97. The number of hydrogen-bond donors (Lipinski definition) is 1. The van der Waals surface area contributed by atoms with Crippen molar-refractivity contribution in [3.8, 4) is 5.75 Å². The van der Waals surface area contributed by atoms with Gasteiger partial charge in [-0.2, -0.15) is 26.3 Å². The first kappa shape index (κ1) is 29.7. The Morgan fingerprint density at radius 1 is 0.659 bits per heavy atom. The molecule has 0 saturated carbocycles. The van der Waals surface area contributed by atoms with Crippen LogP contribution in [0.15, 0.2) is 109 Å². The number of benzene rings is 4. The normalized spacial score (nSPS) is 13.0. The summed E-state index contributed by atoms with van der Waals surface area (Å²) in [5.41, 5.74) is -2.12. The van der Waals surface area contributed by atoms with Crippen LogP contribution in [0.25, 0.3) is 0 Å². The second-order valence-electron chi connectivity index (χ2n) is 9.12. The quantitative estimate of drug-likeness (QED) is 0.130. The van der Waals surface area contributed by atoms with Gasteiger partial charge in [0.2, 0.25) is 0 Å². The summed E-state index contributed by atoms with van der Waals surface area (Å²) in [7, 11) is 1.12. The Labute approximate surface area is 232 Å². The molecule has 1 N–H and O–H groups in total. The molecule has 4 rings (SSSR count). The second-order valence-corrected chi connectivity index (χ2v) is 9.12. The Morgan fingerprint density at radius 3 is 1.39 bits per heavy atom. The van der Waals surface area contributed by atoms with Gasteiger partial charge in [-0.25, -0.2) is 0 Å². The predicted octanol–water partition coefficient (Wildman–Crippen LogP) is 7.23. The van der Waals surface area contributed by atoms with Crippen LogP contribution in [0.2, 0.25) is 0 Å². The predicted molar refractivity (Wildman–Crippen MR) is 140 cm³/mol. The Balaban J connectivity index is 1.80. The number of rotatable bonds is 9. The molecule has 4 aromatic rings. The molecule has 0 bridgehead atoms. The van der Waals surface area contributed by atoms with Gasteiger partial charge in [0, 0.05) is 0 Å². The second kappa shape index (κ2) is 12.1. The highest BCUT2D eigenvalue weighted by Crippen LogP contribution is 2.39. The highest BCUT2D eigenvalue weighted by molar-refractivity contribution is 5.76. The van der Waals surface area contributed by atoms with Gasteiger partial charge in [0.1, 0.15) is 18.4 Å². The van der Waals surface area contributed by atoms with E-state index < -0.39 is 53.4 Å². The largest absolute Gasteiger partial charge is 0.491 e. The SMILES string of the molecule is COC(=O)C(COc1cc(C(F)(F)F)cc(C(F)(F)F)c1)NC(c1ccccc1)(c1ccccc1)c1ccccc1. The third kappa shape index (κ3) is 6.71. The summed E-state index contributed by atoms with van der Waals surface area (Å²) >= 11 is 0. The number of esters is 1. The van der Waals surface area contributed by atoms with Crippen molar-refractivity contribution in [3.63, 3.8) is 0 Å². The maximum atomic E-state index is 13.4. The molecule has 4 aromatic carbocycles. The molecule has 0 saturated heterocycles. The molecule has 0 aliphatic rings. The molecule has 0 heterocycles. The number of methoxy groups -OCH3 is 1. The van der Waals surface area contributed by atoms with Crippen LogP contribution in [0.5, 0.6) is 5.75 Å². The molecule has 0 aliphatic carbocycles. The monoisotopic (exact) mass is 573 g/mol. The van der Waals surface area contributed by atoms with E-state index in [9.17, 15) is 31.1 Å². The highest BCUT2D eigenvalue weighted by atomic mass is 19.4. The molecule has 0 amide bonds. The molecule has 4 nitrogen and oxygen atoms in total. The molecular weight excluding hydrogens is 548 g/mol. The van der Waals surface area contributed by atoms with Crippen LogP contribution < -0.4 is 10.1 Å². The van der Waals surface area contributed by atoms with Gasteiger partial charge >= 0.3 is 18.3 Å². The van der Waals surface area contributed by atoms with Crippen LogP contribution in [0.4, 0.5) is 26.3 Å². The van der Waals surface area contributed by atoms with Crippen molar-refractivity contribution >= 4 is 5.97 Å². The van der Waals surface area contributed by atoms with Crippen LogP contribution in [-0.2, 0) is 27.4 Å². The van der Waals surface area contributed by atoms with Gasteiger partial charge in [-0.05, 0) is 34.9 Å². The van der Waals surface area contributed by atoms with Gasteiger partial charge in [0.15, 0.2) is 0 Å². The van der Waals surface area contributed by atoms with Crippen molar-refractivity contribution in [1.29, 1.82) is 0 Å². The molecule has 41 heavy (non-hydrogen) atoms. The lowest BCUT2D eigenvalue weighted by atomic mass is 9.76. The zero-order valence-corrected chi connectivity index (χ0v) is 21.7. The van der Waals surface area contributed by atoms with E-state index in [2.05, 4.69) is 5.32 Å². The number of alkyl halides is 6. The number of carbonyl (C=O) groups is 1. The summed E-state index contributed by atoms with van der Waals surface area (Å²) in [6, 6.07) is 26.9. The van der Waals surface area contributed by atoms with Gasteiger partial charge in [-0.1, -0.05) is 91.0 Å². The van der Waals surface area contributed by atoms with E-state index in [1.54, 1.807) is 0 Å². The molecule has 0 radical (unpaired) electrons. The van der Waals surface area contributed by atoms with Crippen molar-refractivity contribution in [2.75, 3.05) is 13.7 Å². The first-order valence-corrected chi connectivity index (χ1v) is 12.4. The maximum Gasteiger partial charge on any atom is 0.416 e. The lowest BCUT2D eigenvalue weighted by Crippen LogP contribution is -2.55. The number of ether oxygens (including phenoxy) is 2. The number of nitrogens with one attached hydrogen (secondary N) is 1. The molecular formula is C31H25F6NO3. The van der Waals surface area contributed by atoms with Crippen LogP contribution in [0.3, 0.4) is 0 Å². The highest BCUT2D eigenvalue weighted by Gasteiger charge is 2.41. The van der Waals surface area contributed by atoms with Crippen LogP contribution in [-0.4, -0.2) is 25.7 Å². The Morgan fingerprint density at radius 2 is 1.05 bits per heavy atom. The van der Waals surface area contributed by atoms with E-state index in [0.717, 1.165) is 7.11 Å². The van der Waals surface area contributed by atoms with E-state index in [-0.39, 0.29) is 6.07 Å². The molecule has 10 heteroatoms. The van der Waals surface area contributed by atoms with Crippen molar-refractivity contribution in [3.05, 3.63) is 137 Å². The first-order chi connectivity index (χ1) is 19.4. The summed E-state index contributed by atoms with van der Waals surface area (Å²) in [5, 5.41) is 3.28. The average molecular weight is 574 g/mol. The summed E-state index contributed by atoms with van der Waals surface area (Å²) in [4.78, 5) is 13.0. The lowest BCUT2D eigenvalue weighted by molar-refractivity contribution is -0.145. The standard InChI is InChI=1S/C31H25F6NO3/c1-40-28(39)27(20-41-26-18-24(30(32,33)34)17-25(19-26)31(35,36)37)38-29(21-11-5-2-6-12-21,22-13-7-3-8-14-22)23-15-9-4-10-16-23/h2-19,27,38H,20H2,1H3. The molecule has 0 aromatic heterocycles. The van der Waals surface area contributed by atoms with Crippen LogP contribution in [0.1, 0.15) is 27.8 Å². The van der Waals surface area contributed by atoms with Crippen molar-refractivity contribution < 1.29 is 40.6 Å². The lowest BCUT2D eigenvalue weighted by Gasteiger charge is -2.39. The Kier molecular flexibility index (Phi) is 8.72. The molecule has 1 atom stereocenters. The van der Waals surface area contributed by atoms with Crippen molar-refractivity contribution in [1.82, 2.24) is 5.32 Å². The summed E-state index contributed by atoms with van der Waals surface area (Å²) in [6.07, 6.45) is -10.1. The van der Waals surface area contributed by atoms with Crippen molar-refractivity contribution in [2.45, 2.75) is 23.9 Å². The Bertz CT molecular complexity index is 1310. The molecule has 0 fully saturated rings. The zero-order chi connectivity index (χ0) is 29.7. The van der Waals surface area contributed by atoms with Crippen molar-refractivity contribution in [2.24, 2.45) is 0 Å². The third-order valence-electron chi connectivity index (χ3n) is 6.47. The fraction of sp³-hybridized carbons (Fsp3) is 0.194. The molecule has 0 spiro atoms. The fourth-order valence-electron chi connectivity index (χ4n) is 4.58. The van der Waals surface area contributed by atoms with E-state index in [4.69, 9.17) is 9.47 Å². The number of hydrogen-bond acceptors (Lipinski definition) is 4. The summed E-state index contributed by atoms with van der Waals surface area (Å²) in [6.45, 7) is -0.639. The van der Waals surface area contributed by atoms with Crippen LogP contribution >= 0.6 is 0 Å². The molecule has 0 aliphatic heterocycles. The Hall–Kier alpha value is -4.31. The smallest absolute Gasteiger partial charge is 0.416 e. The topological polar surface area (TPSA) is 47.6 Å². The maximum absolute atomic E-state index is 13.4. The van der Waals surface area contributed by atoms with E-state index in [1.165, 1.54) is 0 Å². The summed E-state index contributed by atoms with van der Waals surface area (Å²) < 4.78 is 90.8. The summed E-state index contributed by atoms with van der Waals surface area (Å²) in [5.74, 6) is -1.53. The van der Waals surface area contributed by atoms with E-state index >= 15 is 0 Å². The first-order valence-electron chi connectivity index (χ1n) is 12.4. The minimum absolute atomic E-state index is 0.00807. The van der Waals surface area contributed by atoms with Gasteiger partial charge in [-0.3, -0.25) is 10.1 Å². The number of carbonyl (C=O) groups excluding carboxylic acids is 1. The van der Waals surface area contributed by atoms with E-state index in [1.807, 2.05) is 91.0 Å². The van der Waals surface area contributed by atoms with Gasteiger partial charge < -0.3 is 9.47 Å². The van der Waals surface area contributed by atoms with E-state index in [0.29, 0.717) is 28.8 Å². The minimum Gasteiger partial charge on any atom is -0.491 e. The minimum atomic E-state index is -5.05. The van der Waals surface area contributed by atoms with Gasteiger partial charge in [0.05, 0.1) is 23.8 Å². The van der Waals surface area contributed by atoms with Crippen LogP contribution in [0, 0.1) is 0 Å². The third-order valence-corrected chi connectivity index (χ3v) is 6.47.